The Morgan fingerprint density at radius 3 is 2.67 bits per heavy atom. The third-order valence-electron chi connectivity index (χ3n) is 2.62. The van der Waals surface area contributed by atoms with Crippen LogP contribution in [0.15, 0.2) is 18.2 Å². The normalized spacial score (nSPS) is 17.2. The van der Waals surface area contributed by atoms with Crippen LogP contribution >= 0.6 is 0 Å². The summed E-state index contributed by atoms with van der Waals surface area (Å²) in [6.45, 7) is 0. The summed E-state index contributed by atoms with van der Waals surface area (Å²) in [6, 6.07) is 4.28. The maximum Gasteiger partial charge on any atom is 0.273 e. The molecule has 1 aliphatic rings. The first kappa shape index (κ1) is 9.92. The van der Waals surface area contributed by atoms with Crippen LogP contribution in [0.1, 0.15) is 18.4 Å². The summed E-state index contributed by atoms with van der Waals surface area (Å²) in [4.78, 5) is 10.1. The molecule has 0 bridgehead atoms. The Labute approximate surface area is 86.4 Å². The van der Waals surface area contributed by atoms with Crippen LogP contribution in [0.2, 0.25) is 0 Å². The van der Waals surface area contributed by atoms with Gasteiger partial charge in [-0.1, -0.05) is 0 Å². The van der Waals surface area contributed by atoms with Crippen molar-refractivity contribution in [1.82, 2.24) is 0 Å². The van der Waals surface area contributed by atoms with E-state index in [1.165, 1.54) is 19.2 Å². The number of hydrogen-bond acceptors (Lipinski definition) is 4. The van der Waals surface area contributed by atoms with E-state index in [0.717, 1.165) is 0 Å². The highest BCUT2D eigenvalue weighted by Gasteiger charge is 2.44. The monoisotopic (exact) mass is 209 g/mol. The van der Waals surface area contributed by atoms with Gasteiger partial charge in [0, 0.05) is 11.6 Å². The van der Waals surface area contributed by atoms with Crippen molar-refractivity contribution in [2.45, 2.75) is 18.4 Å². The Kier molecular flexibility index (Phi) is 2.12. The molecule has 2 rings (SSSR count). The molecule has 0 spiro atoms. The second-order valence-corrected chi connectivity index (χ2v) is 3.67. The van der Waals surface area contributed by atoms with Gasteiger partial charge in [0.05, 0.1) is 23.7 Å². The van der Waals surface area contributed by atoms with E-state index >= 15 is 0 Å². The summed E-state index contributed by atoms with van der Waals surface area (Å²) in [5.41, 5.74) is -0.226. The molecule has 0 radical (unpaired) electrons. The zero-order chi connectivity index (χ0) is 11.1. The van der Waals surface area contributed by atoms with E-state index in [0.29, 0.717) is 24.2 Å². The molecule has 15 heavy (non-hydrogen) atoms. The first-order valence-corrected chi connectivity index (χ1v) is 4.62. The highest BCUT2D eigenvalue weighted by atomic mass is 16.6. The van der Waals surface area contributed by atoms with Gasteiger partial charge in [0.25, 0.3) is 5.69 Å². The third-order valence-corrected chi connectivity index (χ3v) is 2.62. The second kappa shape index (κ2) is 3.20. The third kappa shape index (κ3) is 1.66. The summed E-state index contributed by atoms with van der Waals surface area (Å²) < 4.78 is 5.04. The predicted molar refractivity (Wildman–Crippen MR) is 52.8 cm³/mol. The van der Waals surface area contributed by atoms with E-state index in [-0.39, 0.29) is 5.69 Å². The highest BCUT2D eigenvalue weighted by molar-refractivity contribution is 5.48. The molecule has 1 fully saturated rings. The lowest BCUT2D eigenvalue weighted by molar-refractivity contribution is -0.385. The minimum atomic E-state index is -0.833. The average Bonchev–Trinajstić information content (AvgIpc) is 2.96. The Hall–Kier alpha value is -1.62. The maximum atomic E-state index is 10.5. The van der Waals surface area contributed by atoms with Gasteiger partial charge in [-0.15, -0.1) is 0 Å². The van der Waals surface area contributed by atoms with Crippen molar-refractivity contribution in [2.75, 3.05) is 7.11 Å². The summed E-state index contributed by atoms with van der Waals surface area (Å²) in [5.74, 6) is 0.379. The Balaban J connectivity index is 2.44. The Morgan fingerprint density at radius 1 is 1.53 bits per heavy atom. The van der Waals surface area contributed by atoms with Crippen molar-refractivity contribution >= 4 is 5.69 Å². The molecule has 80 valence electrons. The molecule has 0 aliphatic heterocycles. The minimum Gasteiger partial charge on any atom is -0.496 e. The zero-order valence-electron chi connectivity index (χ0n) is 8.27. The van der Waals surface area contributed by atoms with Gasteiger partial charge in [-0.2, -0.15) is 0 Å². The molecular weight excluding hydrogens is 198 g/mol. The van der Waals surface area contributed by atoms with Gasteiger partial charge in [0.1, 0.15) is 5.75 Å². The van der Waals surface area contributed by atoms with Gasteiger partial charge in [-0.05, 0) is 18.9 Å². The quantitative estimate of drug-likeness (QED) is 0.606. The van der Waals surface area contributed by atoms with Crippen LogP contribution in [-0.4, -0.2) is 17.1 Å². The highest BCUT2D eigenvalue weighted by Crippen LogP contribution is 2.49. The molecule has 0 atom stereocenters. The van der Waals surface area contributed by atoms with Crippen LogP contribution in [0, 0.1) is 10.1 Å². The Morgan fingerprint density at radius 2 is 2.20 bits per heavy atom. The molecule has 1 aliphatic carbocycles. The van der Waals surface area contributed by atoms with Gasteiger partial charge < -0.3 is 9.84 Å². The first-order valence-electron chi connectivity index (χ1n) is 4.62. The van der Waals surface area contributed by atoms with Crippen molar-refractivity contribution in [1.29, 1.82) is 0 Å². The van der Waals surface area contributed by atoms with Crippen LogP contribution in [0.4, 0.5) is 5.69 Å². The van der Waals surface area contributed by atoms with Crippen LogP contribution in [-0.2, 0) is 5.60 Å². The smallest absolute Gasteiger partial charge is 0.273 e. The van der Waals surface area contributed by atoms with E-state index in [4.69, 9.17) is 4.74 Å². The number of nitro benzene ring substituents is 1. The fourth-order valence-corrected chi connectivity index (χ4v) is 1.57. The van der Waals surface area contributed by atoms with Crippen molar-refractivity contribution in [3.8, 4) is 5.75 Å². The molecule has 0 heterocycles. The number of hydrogen-bond donors (Lipinski definition) is 1. The van der Waals surface area contributed by atoms with Crippen LogP contribution in [0.3, 0.4) is 0 Å². The number of rotatable bonds is 3. The zero-order valence-corrected chi connectivity index (χ0v) is 8.27. The molecule has 0 aromatic heterocycles. The van der Waals surface area contributed by atoms with Gasteiger partial charge in [0.2, 0.25) is 0 Å². The number of non-ortho nitro benzene ring substituents is 1. The fourth-order valence-electron chi connectivity index (χ4n) is 1.57. The molecule has 0 saturated heterocycles. The number of nitrogens with zero attached hydrogens (tertiary/aromatic N) is 1. The van der Waals surface area contributed by atoms with E-state index in [1.807, 2.05) is 0 Å². The second-order valence-electron chi connectivity index (χ2n) is 3.67. The lowest BCUT2D eigenvalue weighted by Crippen LogP contribution is -2.07. The van der Waals surface area contributed by atoms with Crippen LogP contribution in [0.5, 0.6) is 5.75 Å². The maximum absolute atomic E-state index is 10.5. The molecule has 1 saturated carbocycles. The molecule has 5 nitrogen and oxygen atoms in total. The van der Waals surface area contributed by atoms with Crippen molar-refractivity contribution in [3.63, 3.8) is 0 Å². The molecule has 1 aromatic rings. The van der Waals surface area contributed by atoms with Crippen molar-refractivity contribution < 1.29 is 14.8 Å². The van der Waals surface area contributed by atoms with Crippen molar-refractivity contribution in [2.24, 2.45) is 0 Å². The van der Waals surface area contributed by atoms with E-state index in [1.54, 1.807) is 6.07 Å². The largest absolute Gasteiger partial charge is 0.496 e. The minimum absolute atomic E-state index is 0.0279. The summed E-state index contributed by atoms with van der Waals surface area (Å²) >= 11 is 0. The number of methoxy groups -OCH3 is 1. The Bertz CT molecular complexity index is 412. The van der Waals surface area contributed by atoms with Crippen molar-refractivity contribution in [3.05, 3.63) is 33.9 Å². The van der Waals surface area contributed by atoms with E-state index < -0.39 is 10.5 Å². The summed E-state index contributed by atoms with van der Waals surface area (Å²) in [7, 11) is 1.44. The molecule has 0 amide bonds. The summed E-state index contributed by atoms with van der Waals surface area (Å²) in [5, 5.41) is 20.4. The first-order chi connectivity index (χ1) is 7.07. The van der Waals surface area contributed by atoms with Gasteiger partial charge in [-0.25, -0.2) is 0 Å². The number of nitro groups is 1. The van der Waals surface area contributed by atoms with Crippen LogP contribution < -0.4 is 4.74 Å². The molecule has 1 aromatic carbocycles. The SMILES string of the molecule is COc1cc([N+](=O)[O-])ccc1C1(O)CC1. The molecule has 5 heteroatoms. The predicted octanol–water partition coefficient (Wildman–Crippen LogP) is 1.58. The number of aliphatic hydroxyl groups is 1. The molecule has 0 unspecified atom stereocenters. The van der Waals surface area contributed by atoms with Gasteiger partial charge in [0.15, 0.2) is 0 Å². The number of benzene rings is 1. The summed E-state index contributed by atoms with van der Waals surface area (Å²) in [6.07, 6.45) is 1.36. The van der Waals surface area contributed by atoms with Gasteiger partial charge in [-0.3, -0.25) is 10.1 Å². The average molecular weight is 209 g/mol. The standard InChI is InChI=1S/C10H11NO4/c1-15-9-6-7(11(13)14)2-3-8(9)10(12)4-5-10/h2-3,6,12H,4-5H2,1H3. The number of ether oxygens (including phenoxy) is 1. The van der Waals surface area contributed by atoms with Gasteiger partial charge >= 0.3 is 0 Å². The van der Waals surface area contributed by atoms with Crippen LogP contribution in [0.25, 0.3) is 0 Å². The molecular formula is C10H11NO4. The lowest BCUT2D eigenvalue weighted by atomic mass is 10.1. The van der Waals surface area contributed by atoms with E-state index in [2.05, 4.69) is 0 Å². The topological polar surface area (TPSA) is 72.6 Å². The lowest BCUT2D eigenvalue weighted by Gasteiger charge is -2.12. The van der Waals surface area contributed by atoms with E-state index in [9.17, 15) is 15.2 Å². The fraction of sp³-hybridized carbons (Fsp3) is 0.400. The molecule has 1 N–H and O–H groups in total.